The zero-order chi connectivity index (χ0) is 8.27. The van der Waals surface area contributed by atoms with E-state index in [0.29, 0.717) is 5.69 Å². The highest BCUT2D eigenvalue weighted by molar-refractivity contribution is 9.10. The van der Waals surface area contributed by atoms with Crippen LogP contribution in [0.15, 0.2) is 22.0 Å². The number of aromatic nitrogens is 1. The van der Waals surface area contributed by atoms with E-state index in [2.05, 4.69) is 30.9 Å². The van der Waals surface area contributed by atoms with Crippen LogP contribution >= 0.6 is 15.9 Å². The molecule has 0 fully saturated rings. The van der Waals surface area contributed by atoms with Crippen molar-refractivity contribution in [2.45, 2.75) is 6.92 Å². The number of hydrogen-bond acceptors (Lipinski definition) is 2. The third-order valence-electron chi connectivity index (χ3n) is 1.16. The molecule has 0 bridgehead atoms. The van der Waals surface area contributed by atoms with Crippen molar-refractivity contribution in [1.29, 1.82) is 0 Å². The van der Waals surface area contributed by atoms with Gasteiger partial charge in [-0.1, -0.05) is 5.11 Å². The molecule has 1 aromatic rings. The van der Waals surface area contributed by atoms with Crippen LogP contribution in [0, 0.1) is 6.92 Å². The smallest absolute Gasteiger partial charge is 0.108 e. The number of halogens is 1. The van der Waals surface area contributed by atoms with Crippen molar-refractivity contribution in [3.05, 3.63) is 32.9 Å². The van der Waals surface area contributed by atoms with Gasteiger partial charge < -0.3 is 0 Å². The molecule has 0 atom stereocenters. The number of nitrogens with zero attached hydrogens (tertiary/aromatic N) is 4. The molecule has 0 aromatic carbocycles. The number of azide groups is 1. The lowest BCUT2D eigenvalue weighted by atomic mass is 10.3. The lowest BCUT2D eigenvalue weighted by Gasteiger charge is -1.95. The van der Waals surface area contributed by atoms with Gasteiger partial charge in [-0.05, 0) is 40.0 Å². The highest BCUT2D eigenvalue weighted by atomic mass is 79.9. The van der Waals surface area contributed by atoms with Gasteiger partial charge in [-0.2, -0.15) is 0 Å². The molecule has 0 unspecified atom stereocenters. The predicted molar refractivity (Wildman–Crippen MR) is 45.5 cm³/mol. The Balaban J connectivity index is 3.14. The topological polar surface area (TPSA) is 61.7 Å². The van der Waals surface area contributed by atoms with Crippen LogP contribution in [-0.4, -0.2) is 4.98 Å². The Labute approximate surface area is 72.0 Å². The molecule has 0 saturated carbocycles. The van der Waals surface area contributed by atoms with Gasteiger partial charge in [0.15, 0.2) is 0 Å². The Kier molecular flexibility index (Phi) is 2.46. The molecule has 0 spiro atoms. The van der Waals surface area contributed by atoms with E-state index in [1.807, 2.05) is 6.92 Å². The van der Waals surface area contributed by atoms with Gasteiger partial charge in [-0.25, -0.2) is 4.98 Å². The van der Waals surface area contributed by atoms with Gasteiger partial charge in [0.2, 0.25) is 0 Å². The minimum Gasteiger partial charge on any atom is -0.249 e. The molecule has 1 aromatic heterocycles. The maximum Gasteiger partial charge on any atom is 0.108 e. The maximum atomic E-state index is 8.10. The Morgan fingerprint density at radius 2 is 2.45 bits per heavy atom. The highest BCUT2D eigenvalue weighted by Gasteiger charge is 1.95. The highest BCUT2D eigenvalue weighted by Crippen LogP contribution is 2.18. The average Bonchev–Trinajstić information content (AvgIpc) is 1.98. The van der Waals surface area contributed by atoms with Gasteiger partial charge >= 0.3 is 0 Å². The molecule has 0 radical (unpaired) electrons. The third kappa shape index (κ3) is 1.93. The van der Waals surface area contributed by atoms with Crippen LogP contribution in [-0.2, 0) is 0 Å². The summed E-state index contributed by atoms with van der Waals surface area (Å²) in [7, 11) is 0. The Morgan fingerprint density at radius 1 is 1.73 bits per heavy atom. The zero-order valence-electron chi connectivity index (χ0n) is 5.82. The van der Waals surface area contributed by atoms with Crippen LogP contribution in [0.5, 0.6) is 0 Å². The molecule has 4 nitrogen and oxygen atoms in total. The summed E-state index contributed by atoms with van der Waals surface area (Å²) in [6, 6.07) is 1.76. The summed E-state index contributed by atoms with van der Waals surface area (Å²) in [6.07, 6.45) is 1.51. The van der Waals surface area contributed by atoms with Crippen molar-refractivity contribution in [2.24, 2.45) is 5.11 Å². The molecule has 1 rings (SSSR count). The van der Waals surface area contributed by atoms with Gasteiger partial charge in [0, 0.05) is 11.1 Å². The minimum atomic E-state index is 0.535. The summed E-state index contributed by atoms with van der Waals surface area (Å²) >= 11 is 3.23. The molecule has 0 aliphatic carbocycles. The molecule has 11 heavy (non-hydrogen) atoms. The molecule has 56 valence electrons. The van der Waals surface area contributed by atoms with E-state index < -0.39 is 0 Å². The minimum absolute atomic E-state index is 0.535. The van der Waals surface area contributed by atoms with Gasteiger partial charge in [-0.15, -0.1) is 0 Å². The number of aryl methyl sites for hydroxylation is 1. The molecule has 0 saturated heterocycles. The largest absolute Gasteiger partial charge is 0.249 e. The normalized spacial score (nSPS) is 8.91. The summed E-state index contributed by atoms with van der Waals surface area (Å²) in [4.78, 5) is 6.60. The molecule has 0 aliphatic rings. The zero-order valence-corrected chi connectivity index (χ0v) is 7.41. The van der Waals surface area contributed by atoms with E-state index in [-0.39, 0.29) is 0 Å². The first-order valence-electron chi connectivity index (χ1n) is 2.91. The Morgan fingerprint density at radius 3 is 3.00 bits per heavy atom. The third-order valence-corrected chi connectivity index (χ3v) is 1.99. The molecule has 1 heterocycles. The summed E-state index contributed by atoms with van der Waals surface area (Å²) in [6.45, 7) is 1.88. The standard InChI is InChI=1S/C6H5BrN4/c1-4-2-5(10-11-8)3-9-6(4)7/h2-3H,1H3. The monoisotopic (exact) mass is 212 g/mol. The fourth-order valence-corrected chi connectivity index (χ4v) is 0.866. The van der Waals surface area contributed by atoms with E-state index in [4.69, 9.17) is 5.53 Å². The van der Waals surface area contributed by atoms with E-state index >= 15 is 0 Å². The van der Waals surface area contributed by atoms with E-state index in [9.17, 15) is 0 Å². The SMILES string of the molecule is Cc1cc(N=[N+]=[N-])cnc1Br. The van der Waals surface area contributed by atoms with Crippen LogP contribution in [0.1, 0.15) is 5.56 Å². The van der Waals surface area contributed by atoms with E-state index in [1.54, 1.807) is 6.07 Å². The quantitative estimate of drug-likeness (QED) is 0.306. The lowest BCUT2D eigenvalue weighted by molar-refractivity contribution is 1.20. The van der Waals surface area contributed by atoms with E-state index in [0.717, 1.165) is 10.2 Å². The number of hydrogen-bond donors (Lipinski definition) is 0. The first-order valence-corrected chi connectivity index (χ1v) is 3.70. The molecular weight excluding hydrogens is 208 g/mol. The molecular formula is C6H5BrN4. The van der Waals surface area contributed by atoms with Crippen LogP contribution in [0.4, 0.5) is 5.69 Å². The summed E-state index contributed by atoms with van der Waals surface area (Å²) in [5, 5.41) is 3.41. The van der Waals surface area contributed by atoms with Crippen molar-refractivity contribution >= 4 is 21.6 Å². The Hall–Kier alpha value is -1.06. The van der Waals surface area contributed by atoms with Crippen LogP contribution in [0.2, 0.25) is 0 Å². The molecule has 5 heteroatoms. The summed E-state index contributed by atoms with van der Waals surface area (Å²) < 4.78 is 0.773. The number of pyridine rings is 1. The predicted octanol–water partition coefficient (Wildman–Crippen LogP) is 3.09. The van der Waals surface area contributed by atoms with Crippen molar-refractivity contribution < 1.29 is 0 Å². The number of rotatable bonds is 1. The van der Waals surface area contributed by atoms with E-state index in [1.165, 1.54) is 6.20 Å². The molecule has 0 N–H and O–H groups in total. The van der Waals surface area contributed by atoms with Crippen LogP contribution < -0.4 is 0 Å². The van der Waals surface area contributed by atoms with Crippen LogP contribution in [0.3, 0.4) is 0 Å². The van der Waals surface area contributed by atoms with Crippen LogP contribution in [0.25, 0.3) is 10.4 Å². The first kappa shape index (κ1) is 8.04. The van der Waals surface area contributed by atoms with Crippen molar-refractivity contribution in [3.8, 4) is 0 Å². The first-order chi connectivity index (χ1) is 5.24. The fourth-order valence-electron chi connectivity index (χ4n) is 0.650. The second-order valence-electron chi connectivity index (χ2n) is 1.99. The molecule has 0 aliphatic heterocycles. The second-order valence-corrected chi connectivity index (χ2v) is 2.74. The van der Waals surface area contributed by atoms with Gasteiger partial charge in [0.05, 0.1) is 5.69 Å². The van der Waals surface area contributed by atoms with Crippen molar-refractivity contribution in [1.82, 2.24) is 4.98 Å². The van der Waals surface area contributed by atoms with Crippen molar-refractivity contribution in [2.75, 3.05) is 0 Å². The Bertz CT molecular complexity index is 316. The van der Waals surface area contributed by atoms with Gasteiger partial charge in [-0.3, -0.25) is 0 Å². The van der Waals surface area contributed by atoms with Crippen molar-refractivity contribution in [3.63, 3.8) is 0 Å². The summed E-state index contributed by atoms with van der Waals surface area (Å²) in [5.74, 6) is 0. The lowest BCUT2D eigenvalue weighted by Crippen LogP contribution is -1.78. The van der Waals surface area contributed by atoms with Gasteiger partial charge in [0.25, 0.3) is 0 Å². The maximum absolute atomic E-state index is 8.10. The van der Waals surface area contributed by atoms with Gasteiger partial charge in [0.1, 0.15) is 4.60 Å². The average molecular weight is 213 g/mol. The summed E-state index contributed by atoms with van der Waals surface area (Å²) in [5.41, 5.74) is 9.59. The molecule has 0 amide bonds. The second kappa shape index (κ2) is 3.37. The fraction of sp³-hybridized carbons (Fsp3) is 0.167.